The van der Waals surface area contributed by atoms with Crippen molar-refractivity contribution >= 4 is 29.4 Å². The van der Waals surface area contributed by atoms with E-state index in [9.17, 15) is 4.79 Å². The Balaban J connectivity index is 0.00000243. The van der Waals surface area contributed by atoms with E-state index in [0.717, 1.165) is 42.6 Å². The number of fused-ring (bicyclic) bond motifs is 1. The molecule has 26 heavy (non-hydrogen) atoms. The fourth-order valence-electron chi connectivity index (χ4n) is 3.00. The Morgan fingerprint density at radius 1 is 1.38 bits per heavy atom. The summed E-state index contributed by atoms with van der Waals surface area (Å²) in [6, 6.07) is 1.96. The minimum atomic E-state index is 0. The predicted octanol–water partition coefficient (Wildman–Crippen LogP) is 3.40. The van der Waals surface area contributed by atoms with Gasteiger partial charge in [-0.15, -0.1) is 12.4 Å². The van der Waals surface area contributed by atoms with E-state index in [1.54, 1.807) is 4.90 Å². The van der Waals surface area contributed by atoms with Gasteiger partial charge in [0.1, 0.15) is 0 Å². The number of aromatic nitrogens is 2. The molecule has 2 aromatic rings. The second-order valence-corrected chi connectivity index (χ2v) is 8.25. The van der Waals surface area contributed by atoms with Gasteiger partial charge in [-0.2, -0.15) is 0 Å². The van der Waals surface area contributed by atoms with Gasteiger partial charge in [0.15, 0.2) is 0 Å². The lowest BCUT2D eigenvalue weighted by Gasteiger charge is -2.19. The van der Waals surface area contributed by atoms with Crippen LogP contribution >= 0.6 is 12.4 Å². The number of amides is 1. The molecule has 7 heteroatoms. The van der Waals surface area contributed by atoms with E-state index in [-0.39, 0.29) is 23.7 Å². The van der Waals surface area contributed by atoms with Crippen molar-refractivity contribution < 1.29 is 9.32 Å². The number of pyridine rings is 1. The predicted molar refractivity (Wildman–Crippen MR) is 105 cm³/mol. The maximum Gasteiger partial charge on any atom is 0.259 e. The lowest BCUT2D eigenvalue weighted by Crippen LogP contribution is -2.33. The Morgan fingerprint density at radius 3 is 2.65 bits per heavy atom. The van der Waals surface area contributed by atoms with Crippen LogP contribution in [0.3, 0.4) is 0 Å². The number of halogens is 1. The summed E-state index contributed by atoms with van der Waals surface area (Å²) in [5.74, 6) is 0.456. The fraction of sp³-hybridized carbons (Fsp3) is 0.632. The van der Waals surface area contributed by atoms with Crippen molar-refractivity contribution in [3.05, 3.63) is 23.0 Å². The van der Waals surface area contributed by atoms with Crippen molar-refractivity contribution in [2.24, 2.45) is 5.41 Å². The fourth-order valence-corrected chi connectivity index (χ4v) is 3.00. The molecule has 0 bridgehead atoms. The average Bonchev–Trinajstić information content (AvgIpc) is 3.33. The van der Waals surface area contributed by atoms with Crippen LogP contribution in [0.2, 0.25) is 0 Å². The van der Waals surface area contributed by atoms with Crippen LogP contribution in [0, 0.1) is 5.41 Å². The summed E-state index contributed by atoms with van der Waals surface area (Å²) in [5, 5.41) is 8.11. The minimum absolute atomic E-state index is 0. The van der Waals surface area contributed by atoms with Gasteiger partial charge in [0, 0.05) is 31.7 Å². The molecule has 0 atom stereocenters. The van der Waals surface area contributed by atoms with E-state index >= 15 is 0 Å². The molecule has 0 radical (unpaired) electrons. The normalized spacial score (nSPS) is 14.3. The highest BCUT2D eigenvalue weighted by atomic mass is 35.5. The molecule has 2 aromatic heterocycles. The van der Waals surface area contributed by atoms with E-state index in [1.807, 2.05) is 20.2 Å². The first kappa shape index (κ1) is 20.6. The quantitative estimate of drug-likeness (QED) is 0.831. The lowest BCUT2D eigenvalue weighted by molar-refractivity contribution is 0.0798. The largest absolute Gasteiger partial charge is 0.340 e. The Kier molecular flexibility index (Phi) is 6.29. The standard InChI is InChI=1S/C19H28N4O2.ClH/c1-19(2,3)11-15-16-13(18(24)23(5)9-8-20-4)10-14(12-6-7-12)21-17(16)25-22-15;/h10,12,20H,6-9,11H2,1-5H3;1H. The highest BCUT2D eigenvalue weighted by Gasteiger charge is 2.30. The SMILES string of the molecule is CNCCN(C)C(=O)c1cc(C2CC2)nc2onc(CC(C)(C)C)c12.Cl. The van der Waals surface area contributed by atoms with Crippen molar-refractivity contribution in [2.45, 2.75) is 46.0 Å². The molecule has 0 saturated heterocycles. The average molecular weight is 381 g/mol. The monoisotopic (exact) mass is 380 g/mol. The zero-order valence-electron chi connectivity index (χ0n) is 16.3. The lowest BCUT2D eigenvalue weighted by atomic mass is 9.89. The van der Waals surface area contributed by atoms with Crippen molar-refractivity contribution in [2.75, 3.05) is 27.2 Å². The third-order valence-corrected chi connectivity index (χ3v) is 4.50. The van der Waals surface area contributed by atoms with E-state index < -0.39 is 0 Å². The molecule has 1 aliphatic carbocycles. The number of carbonyl (C=O) groups is 1. The number of likely N-dealkylation sites (N-methyl/N-ethyl adjacent to an activating group) is 2. The molecule has 2 heterocycles. The second kappa shape index (κ2) is 7.92. The van der Waals surface area contributed by atoms with Crippen LogP contribution in [0.25, 0.3) is 11.1 Å². The molecule has 1 N–H and O–H groups in total. The molecule has 1 fully saturated rings. The van der Waals surface area contributed by atoms with E-state index in [1.165, 1.54) is 0 Å². The second-order valence-electron chi connectivity index (χ2n) is 8.25. The van der Waals surface area contributed by atoms with Gasteiger partial charge in [-0.1, -0.05) is 25.9 Å². The van der Waals surface area contributed by atoms with Gasteiger partial charge in [0.2, 0.25) is 0 Å². The Labute approximate surface area is 161 Å². The molecule has 1 amide bonds. The Bertz CT molecular complexity index is 778. The molecule has 0 aromatic carbocycles. The molecule has 6 nitrogen and oxygen atoms in total. The van der Waals surface area contributed by atoms with Crippen molar-refractivity contribution in [1.29, 1.82) is 0 Å². The van der Waals surface area contributed by atoms with E-state index in [2.05, 4.69) is 36.2 Å². The molecule has 1 saturated carbocycles. The van der Waals surface area contributed by atoms with Gasteiger partial charge in [0.25, 0.3) is 11.6 Å². The van der Waals surface area contributed by atoms with E-state index in [4.69, 9.17) is 4.52 Å². The van der Waals surface area contributed by atoms with Crippen LogP contribution in [0.5, 0.6) is 0 Å². The van der Waals surface area contributed by atoms with Gasteiger partial charge in [-0.05, 0) is 37.8 Å². The third-order valence-electron chi connectivity index (χ3n) is 4.50. The topological polar surface area (TPSA) is 71.3 Å². The van der Waals surface area contributed by atoms with Gasteiger partial charge < -0.3 is 14.7 Å². The molecule has 1 aliphatic rings. The van der Waals surface area contributed by atoms with Crippen molar-refractivity contribution in [3.63, 3.8) is 0 Å². The summed E-state index contributed by atoms with van der Waals surface area (Å²) in [4.78, 5) is 19.5. The minimum Gasteiger partial charge on any atom is -0.340 e. The van der Waals surface area contributed by atoms with Gasteiger partial charge in [-0.3, -0.25) is 4.79 Å². The van der Waals surface area contributed by atoms with Crippen LogP contribution in [-0.4, -0.2) is 48.1 Å². The first-order chi connectivity index (χ1) is 11.8. The molecule has 0 spiro atoms. The van der Waals surface area contributed by atoms with Crippen molar-refractivity contribution in [1.82, 2.24) is 20.4 Å². The van der Waals surface area contributed by atoms with E-state index in [0.29, 0.717) is 23.7 Å². The van der Waals surface area contributed by atoms with Gasteiger partial charge >= 0.3 is 0 Å². The van der Waals surface area contributed by atoms with Crippen LogP contribution in [-0.2, 0) is 6.42 Å². The summed E-state index contributed by atoms with van der Waals surface area (Å²) < 4.78 is 5.52. The maximum atomic E-state index is 13.1. The smallest absolute Gasteiger partial charge is 0.259 e. The molecule has 3 rings (SSSR count). The summed E-state index contributed by atoms with van der Waals surface area (Å²) in [5.41, 5.74) is 3.00. The van der Waals surface area contributed by atoms with Crippen LogP contribution < -0.4 is 5.32 Å². The zero-order valence-corrected chi connectivity index (χ0v) is 17.1. The number of rotatable bonds is 6. The zero-order chi connectivity index (χ0) is 18.2. The Hall–Kier alpha value is -1.66. The molecular weight excluding hydrogens is 352 g/mol. The number of carbonyl (C=O) groups excluding carboxylic acids is 1. The number of hydrogen-bond donors (Lipinski definition) is 1. The highest BCUT2D eigenvalue weighted by molar-refractivity contribution is 6.06. The van der Waals surface area contributed by atoms with Gasteiger partial charge in [-0.25, -0.2) is 4.98 Å². The molecular formula is C19H29ClN4O2. The first-order valence-electron chi connectivity index (χ1n) is 8.99. The Morgan fingerprint density at radius 2 is 2.08 bits per heavy atom. The number of nitrogens with zero attached hydrogens (tertiary/aromatic N) is 3. The van der Waals surface area contributed by atoms with Crippen LogP contribution in [0.4, 0.5) is 0 Å². The maximum absolute atomic E-state index is 13.1. The number of hydrogen-bond acceptors (Lipinski definition) is 5. The summed E-state index contributed by atoms with van der Waals surface area (Å²) >= 11 is 0. The number of nitrogens with one attached hydrogen (secondary N) is 1. The van der Waals surface area contributed by atoms with Crippen LogP contribution in [0.1, 0.15) is 61.3 Å². The van der Waals surface area contributed by atoms with Crippen LogP contribution in [0.15, 0.2) is 10.6 Å². The summed E-state index contributed by atoms with van der Waals surface area (Å²) in [7, 11) is 3.72. The molecule has 0 unspecified atom stereocenters. The van der Waals surface area contributed by atoms with Gasteiger partial charge in [0.05, 0.1) is 16.6 Å². The summed E-state index contributed by atoms with van der Waals surface area (Å²) in [6.07, 6.45) is 3.00. The molecule has 0 aliphatic heterocycles. The summed E-state index contributed by atoms with van der Waals surface area (Å²) in [6.45, 7) is 7.86. The van der Waals surface area contributed by atoms with Crippen molar-refractivity contribution in [3.8, 4) is 0 Å². The molecule has 144 valence electrons. The first-order valence-corrected chi connectivity index (χ1v) is 8.99. The third kappa shape index (κ3) is 4.54. The highest BCUT2D eigenvalue weighted by Crippen LogP contribution is 2.41.